The number of unbranched alkanes of at least 4 members (excludes halogenated alkanes) is 7. The Bertz CT molecular complexity index is 1030. The molecule has 0 saturated carbocycles. The third-order valence-electron chi connectivity index (χ3n) is 6.55. The minimum Gasteiger partial charge on any atom is -0.328 e. The number of halogens is 1. The maximum Gasteiger partial charge on any atom is 0.227 e. The molecule has 0 spiro atoms. The first-order valence-corrected chi connectivity index (χ1v) is 12.6. The van der Waals surface area contributed by atoms with E-state index in [1.165, 1.54) is 50.5 Å². The SMILES string of the molecule is CCCCCCCCCCn1c(C2CC(=O)N(c3ccc(Cl)cc3)C2)nc2ccccc21. The third-order valence-corrected chi connectivity index (χ3v) is 6.80. The van der Waals surface area contributed by atoms with Crippen molar-refractivity contribution in [3.05, 3.63) is 59.4 Å². The maximum absolute atomic E-state index is 12.8. The number of carbonyl (C=O) groups is 1. The Kier molecular flexibility index (Phi) is 7.85. The van der Waals surface area contributed by atoms with Crippen molar-refractivity contribution in [3.8, 4) is 0 Å². The fraction of sp³-hybridized carbons (Fsp3) is 0.481. The highest BCUT2D eigenvalue weighted by atomic mass is 35.5. The number of nitrogens with zero attached hydrogens (tertiary/aromatic N) is 3. The molecule has 4 nitrogen and oxygen atoms in total. The number of benzene rings is 2. The van der Waals surface area contributed by atoms with E-state index in [0.717, 1.165) is 30.0 Å². The highest BCUT2D eigenvalue weighted by molar-refractivity contribution is 6.30. The lowest BCUT2D eigenvalue weighted by Gasteiger charge is -2.17. The van der Waals surface area contributed by atoms with Crippen LogP contribution in [0.4, 0.5) is 5.69 Å². The van der Waals surface area contributed by atoms with Crippen LogP contribution in [0.3, 0.4) is 0 Å². The van der Waals surface area contributed by atoms with Crippen LogP contribution in [-0.2, 0) is 11.3 Å². The van der Waals surface area contributed by atoms with E-state index in [9.17, 15) is 4.79 Å². The molecular weight excluding hydrogens is 418 g/mol. The quantitative estimate of drug-likeness (QED) is 0.286. The fourth-order valence-electron chi connectivity index (χ4n) is 4.80. The summed E-state index contributed by atoms with van der Waals surface area (Å²) in [6, 6.07) is 15.9. The van der Waals surface area contributed by atoms with Gasteiger partial charge in [-0.3, -0.25) is 4.79 Å². The van der Waals surface area contributed by atoms with Gasteiger partial charge in [0.15, 0.2) is 0 Å². The second-order valence-electron chi connectivity index (χ2n) is 8.97. The summed E-state index contributed by atoms with van der Waals surface area (Å²) in [4.78, 5) is 19.7. The number of aryl methyl sites for hydroxylation is 1. The van der Waals surface area contributed by atoms with Gasteiger partial charge in [0.25, 0.3) is 0 Å². The summed E-state index contributed by atoms with van der Waals surface area (Å²) in [6.07, 6.45) is 10.9. The molecular formula is C27H34ClN3O. The molecule has 32 heavy (non-hydrogen) atoms. The minimum atomic E-state index is 0.111. The zero-order chi connectivity index (χ0) is 22.3. The molecule has 1 saturated heterocycles. The number of hydrogen-bond donors (Lipinski definition) is 0. The number of rotatable bonds is 11. The summed E-state index contributed by atoms with van der Waals surface area (Å²) in [5.74, 6) is 1.32. The monoisotopic (exact) mass is 451 g/mol. The topological polar surface area (TPSA) is 38.1 Å². The average Bonchev–Trinajstić information content (AvgIpc) is 3.37. The zero-order valence-electron chi connectivity index (χ0n) is 19.1. The van der Waals surface area contributed by atoms with Crippen molar-refractivity contribution in [3.63, 3.8) is 0 Å². The smallest absolute Gasteiger partial charge is 0.227 e. The summed E-state index contributed by atoms with van der Waals surface area (Å²) >= 11 is 6.03. The first-order valence-electron chi connectivity index (χ1n) is 12.2. The zero-order valence-corrected chi connectivity index (χ0v) is 19.9. The van der Waals surface area contributed by atoms with E-state index in [0.29, 0.717) is 18.0 Å². The van der Waals surface area contributed by atoms with Gasteiger partial charge in [0, 0.05) is 36.1 Å². The number of amides is 1. The molecule has 5 heteroatoms. The first-order chi connectivity index (χ1) is 15.7. The van der Waals surface area contributed by atoms with Crippen LogP contribution >= 0.6 is 11.6 Å². The van der Waals surface area contributed by atoms with Gasteiger partial charge in [-0.2, -0.15) is 0 Å². The van der Waals surface area contributed by atoms with E-state index in [2.05, 4.69) is 29.7 Å². The van der Waals surface area contributed by atoms with Gasteiger partial charge in [0.2, 0.25) is 5.91 Å². The predicted octanol–water partition coefficient (Wildman–Crippen LogP) is 7.35. The number of anilines is 1. The highest BCUT2D eigenvalue weighted by Crippen LogP contribution is 2.33. The third kappa shape index (κ3) is 5.35. The Morgan fingerprint density at radius 2 is 1.62 bits per heavy atom. The molecule has 1 aliphatic rings. The van der Waals surface area contributed by atoms with Gasteiger partial charge < -0.3 is 9.47 Å². The van der Waals surface area contributed by atoms with Crippen LogP contribution in [0.1, 0.15) is 76.5 Å². The Morgan fingerprint density at radius 3 is 2.38 bits per heavy atom. The van der Waals surface area contributed by atoms with Crippen LogP contribution in [0.2, 0.25) is 5.02 Å². The number of hydrogen-bond acceptors (Lipinski definition) is 2. The second-order valence-corrected chi connectivity index (χ2v) is 9.40. The number of carbonyl (C=O) groups excluding carboxylic acids is 1. The lowest BCUT2D eigenvalue weighted by molar-refractivity contribution is -0.117. The largest absolute Gasteiger partial charge is 0.328 e. The molecule has 1 unspecified atom stereocenters. The molecule has 2 aromatic carbocycles. The van der Waals surface area contributed by atoms with Gasteiger partial charge in [0.1, 0.15) is 5.82 Å². The molecule has 4 rings (SSSR count). The van der Waals surface area contributed by atoms with Gasteiger partial charge in [-0.1, -0.05) is 75.6 Å². The van der Waals surface area contributed by atoms with Crippen molar-refractivity contribution in [2.24, 2.45) is 0 Å². The fourth-order valence-corrected chi connectivity index (χ4v) is 4.92. The van der Waals surface area contributed by atoms with Crippen LogP contribution in [-0.4, -0.2) is 22.0 Å². The van der Waals surface area contributed by atoms with Gasteiger partial charge in [0.05, 0.1) is 11.0 Å². The van der Waals surface area contributed by atoms with Crippen molar-refractivity contribution in [1.29, 1.82) is 0 Å². The Balaban J connectivity index is 1.44. The molecule has 1 amide bonds. The maximum atomic E-state index is 12.8. The summed E-state index contributed by atoms with van der Waals surface area (Å²) in [5, 5.41) is 0.684. The van der Waals surface area contributed by atoms with Gasteiger partial charge in [-0.15, -0.1) is 0 Å². The van der Waals surface area contributed by atoms with E-state index in [-0.39, 0.29) is 11.8 Å². The van der Waals surface area contributed by atoms with Crippen LogP contribution in [0.5, 0.6) is 0 Å². The van der Waals surface area contributed by atoms with Crippen molar-refractivity contribution in [2.75, 3.05) is 11.4 Å². The Labute approximate surface area is 196 Å². The molecule has 0 aliphatic carbocycles. The number of imidazole rings is 1. The summed E-state index contributed by atoms with van der Waals surface area (Å²) in [6.45, 7) is 3.90. The average molecular weight is 452 g/mol. The van der Waals surface area contributed by atoms with Crippen LogP contribution in [0.15, 0.2) is 48.5 Å². The standard InChI is InChI=1S/C27H34ClN3O/c1-2-3-4-5-6-7-8-11-18-30-25-13-10-9-12-24(25)29-27(30)21-19-26(32)31(20-21)23-16-14-22(28)15-17-23/h9-10,12-17,21H,2-8,11,18-20H2,1H3. The normalized spacial score (nSPS) is 16.4. The molecule has 0 radical (unpaired) electrons. The van der Waals surface area contributed by atoms with E-state index in [1.54, 1.807) is 0 Å². The molecule has 3 aromatic rings. The predicted molar refractivity (Wildman–Crippen MR) is 134 cm³/mol. The van der Waals surface area contributed by atoms with Crippen LogP contribution in [0, 0.1) is 0 Å². The number of aromatic nitrogens is 2. The highest BCUT2D eigenvalue weighted by Gasteiger charge is 2.34. The summed E-state index contributed by atoms with van der Waals surface area (Å²) in [7, 11) is 0. The molecule has 1 atom stereocenters. The van der Waals surface area contributed by atoms with E-state index in [4.69, 9.17) is 16.6 Å². The molecule has 1 aromatic heterocycles. The first kappa shape index (κ1) is 22.8. The second kappa shape index (κ2) is 11.0. The summed E-state index contributed by atoms with van der Waals surface area (Å²) < 4.78 is 2.37. The van der Waals surface area contributed by atoms with E-state index >= 15 is 0 Å². The van der Waals surface area contributed by atoms with Gasteiger partial charge in [-0.05, 0) is 42.8 Å². The van der Waals surface area contributed by atoms with E-state index < -0.39 is 0 Å². The van der Waals surface area contributed by atoms with Crippen LogP contribution < -0.4 is 4.90 Å². The molecule has 0 bridgehead atoms. The van der Waals surface area contributed by atoms with Crippen molar-refractivity contribution >= 4 is 34.2 Å². The number of para-hydroxylation sites is 2. The molecule has 2 heterocycles. The Hall–Kier alpha value is -2.33. The molecule has 1 aliphatic heterocycles. The molecule has 0 N–H and O–H groups in total. The van der Waals surface area contributed by atoms with Gasteiger partial charge >= 0.3 is 0 Å². The van der Waals surface area contributed by atoms with Gasteiger partial charge in [-0.25, -0.2) is 4.98 Å². The lowest BCUT2D eigenvalue weighted by atomic mass is 10.1. The summed E-state index contributed by atoms with van der Waals surface area (Å²) in [5.41, 5.74) is 3.12. The van der Waals surface area contributed by atoms with Crippen molar-refractivity contribution in [2.45, 2.75) is 77.2 Å². The lowest BCUT2D eigenvalue weighted by Crippen LogP contribution is -2.24. The molecule has 1 fully saturated rings. The van der Waals surface area contributed by atoms with E-state index in [1.807, 2.05) is 35.2 Å². The minimum absolute atomic E-state index is 0.111. The Morgan fingerprint density at radius 1 is 0.938 bits per heavy atom. The van der Waals surface area contributed by atoms with Crippen LogP contribution in [0.25, 0.3) is 11.0 Å². The van der Waals surface area contributed by atoms with Crippen molar-refractivity contribution in [1.82, 2.24) is 9.55 Å². The number of fused-ring (bicyclic) bond motifs is 1. The van der Waals surface area contributed by atoms with Crippen molar-refractivity contribution < 1.29 is 4.79 Å². The molecule has 170 valence electrons.